The molecule has 2 N–H and O–H groups in total. The lowest BCUT2D eigenvalue weighted by atomic mass is 10.1. The summed E-state index contributed by atoms with van der Waals surface area (Å²) in [4.78, 5) is 0. The molecule has 0 bridgehead atoms. The van der Waals surface area contributed by atoms with Crippen molar-refractivity contribution in [1.82, 2.24) is 5.32 Å². The zero-order chi connectivity index (χ0) is 16.2. The van der Waals surface area contributed by atoms with E-state index in [1.54, 1.807) is 0 Å². The van der Waals surface area contributed by atoms with Gasteiger partial charge >= 0.3 is 6.18 Å². The second kappa shape index (κ2) is 6.79. The zero-order valence-electron chi connectivity index (χ0n) is 11.8. The minimum Gasteiger partial charge on any atom is -0.356 e. The Balaban J connectivity index is 1.95. The number of anilines is 1. The fraction of sp³-hybridized carbons (Fsp3) is 0.188. The van der Waals surface area contributed by atoms with Gasteiger partial charge in [0.1, 0.15) is 0 Å². The maximum Gasteiger partial charge on any atom is 0.416 e. The van der Waals surface area contributed by atoms with E-state index in [0.29, 0.717) is 10.8 Å². The molecule has 0 fully saturated rings. The summed E-state index contributed by atoms with van der Waals surface area (Å²) in [5.41, 5.74) is 0.888. The van der Waals surface area contributed by atoms with Gasteiger partial charge < -0.3 is 10.6 Å². The van der Waals surface area contributed by atoms with Crippen LogP contribution < -0.4 is 10.6 Å². The van der Waals surface area contributed by atoms with Crippen molar-refractivity contribution in [3.05, 3.63) is 65.7 Å². The van der Waals surface area contributed by atoms with Crippen molar-refractivity contribution in [2.45, 2.75) is 19.1 Å². The molecule has 0 radical (unpaired) electrons. The Morgan fingerprint density at radius 3 is 2.14 bits per heavy atom. The molecule has 0 aliphatic heterocycles. The van der Waals surface area contributed by atoms with E-state index in [2.05, 4.69) is 10.6 Å². The van der Waals surface area contributed by atoms with E-state index in [-0.39, 0.29) is 6.04 Å². The molecule has 22 heavy (non-hydrogen) atoms. The summed E-state index contributed by atoms with van der Waals surface area (Å²) >= 11 is 5.17. The van der Waals surface area contributed by atoms with Crippen molar-refractivity contribution in [3.63, 3.8) is 0 Å². The third-order valence-electron chi connectivity index (χ3n) is 3.12. The van der Waals surface area contributed by atoms with Crippen LogP contribution in [0.3, 0.4) is 0 Å². The molecular formula is C16H15F3N2S. The van der Waals surface area contributed by atoms with Crippen molar-refractivity contribution < 1.29 is 13.2 Å². The van der Waals surface area contributed by atoms with Gasteiger partial charge in [-0.05, 0) is 49.0 Å². The van der Waals surface area contributed by atoms with Crippen LogP contribution in [-0.4, -0.2) is 5.11 Å². The van der Waals surface area contributed by atoms with Gasteiger partial charge in [-0.3, -0.25) is 0 Å². The van der Waals surface area contributed by atoms with Gasteiger partial charge in [-0.2, -0.15) is 13.2 Å². The van der Waals surface area contributed by atoms with Crippen molar-refractivity contribution in [1.29, 1.82) is 0 Å². The predicted molar refractivity (Wildman–Crippen MR) is 85.7 cm³/mol. The largest absolute Gasteiger partial charge is 0.416 e. The van der Waals surface area contributed by atoms with E-state index < -0.39 is 11.7 Å². The van der Waals surface area contributed by atoms with E-state index in [0.717, 1.165) is 17.7 Å². The number of alkyl halides is 3. The van der Waals surface area contributed by atoms with Gasteiger partial charge in [-0.1, -0.05) is 30.3 Å². The van der Waals surface area contributed by atoms with Crippen LogP contribution in [0.25, 0.3) is 0 Å². The Morgan fingerprint density at radius 1 is 1.00 bits per heavy atom. The highest BCUT2D eigenvalue weighted by Gasteiger charge is 2.29. The van der Waals surface area contributed by atoms with Gasteiger partial charge in [-0.25, -0.2) is 0 Å². The molecule has 0 spiro atoms. The first-order valence-corrected chi connectivity index (χ1v) is 7.07. The molecule has 2 rings (SSSR count). The monoisotopic (exact) mass is 324 g/mol. The van der Waals surface area contributed by atoms with Crippen molar-refractivity contribution >= 4 is 23.0 Å². The number of benzene rings is 2. The maximum atomic E-state index is 12.5. The van der Waals surface area contributed by atoms with Crippen molar-refractivity contribution in [2.24, 2.45) is 0 Å². The summed E-state index contributed by atoms with van der Waals surface area (Å²) in [6.45, 7) is 1.95. The summed E-state index contributed by atoms with van der Waals surface area (Å²) in [7, 11) is 0. The van der Waals surface area contributed by atoms with Gasteiger partial charge in [0.05, 0.1) is 11.6 Å². The molecule has 0 saturated carbocycles. The molecule has 6 heteroatoms. The lowest BCUT2D eigenvalue weighted by Gasteiger charge is -2.17. The van der Waals surface area contributed by atoms with Gasteiger partial charge in [0.25, 0.3) is 0 Å². The number of hydrogen-bond donors (Lipinski definition) is 2. The van der Waals surface area contributed by atoms with Crippen LogP contribution in [-0.2, 0) is 6.18 Å². The Bertz CT molecular complexity index is 624. The molecule has 2 aromatic rings. The van der Waals surface area contributed by atoms with E-state index in [1.807, 2.05) is 37.3 Å². The number of rotatable bonds is 3. The summed E-state index contributed by atoms with van der Waals surface area (Å²) in [6.07, 6.45) is -4.33. The average molecular weight is 324 g/mol. The molecule has 0 amide bonds. The molecule has 2 aromatic carbocycles. The summed E-state index contributed by atoms with van der Waals surface area (Å²) < 4.78 is 37.4. The van der Waals surface area contributed by atoms with Gasteiger partial charge in [-0.15, -0.1) is 0 Å². The number of halogens is 3. The first-order valence-electron chi connectivity index (χ1n) is 6.66. The standard InChI is InChI=1S/C16H15F3N2S/c1-11(12-5-3-2-4-6-12)20-15(22)21-14-9-7-13(8-10-14)16(17,18)19/h2-11H,1H3,(H2,20,21,22)/t11-/m0/s1. The van der Waals surface area contributed by atoms with Crippen LogP contribution in [0.4, 0.5) is 18.9 Å². The lowest BCUT2D eigenvalue weighted by Crippen LogP contribution is -2.30. The Labute approximate surface area is 132 Å². The average Bonchev–Trinajstić information content (AvgIpc) is 2.47. The second-order valence-corrected chi connectivity index (χ2v) is 5.21. The highest BCUT2D eigenvalue weighted by Crippen LogP contribution is 2.29. The molecule has 0 saturated heterocycles. The Hall–Kier alpha value is -2.08. The zero-order valence-corrected chi connectivity index (χ0v) is 12.6. The number of hydrogen-bond acceptors (Lipinski definition) is 1. The topological polar surface area (TPSA) is 24.1 Å². The summed E-state index contributed by atoms with van der Waals surface area (Å²) in [5, 5.41) is 6.32. The van der Waals surface area contributed by atoms with Crippen LogP contribution in [0, 0.1) is 0 Å². The van der Waals surface area contributed by atoms with E-state index in [1.165, 1.54) is 12.1 Å². The minimum absolute atomic E-state index is 0.00403. The van der Waals surface area contributed by atoms with Gasteiger partial charge in [0.15, 0.2) is 5.11 Å². The molecular weight excluding hydrogens is 309 g/mol. The molecule has 0 aliphatic carbocycles. The molecule has 1 atom stereocenters. The molecule has 2 nitrogen and oxygen atoms in total. The van der Waals surface area contributed by atoms with Crippen molar-refractivity contribution in [2.75, 3.05) is 5.32 Å². The molecule has 0 heterocycles. The van der Waals surface area contributed by atoms with Crippen LogP contribution in [0.2, 0.25) is 0 Å². The minimum atomic E-state index is -4.33. The third-order valence-corrected chi connectivity index (χ3v) is 3.34. The highest BCUT2D eigenvalue weighted by atomic mass is 32.1. The van der Waals surface area contributed by atoms with Crippen LogP contribution in [0.5, 0.6) is 0 Å². The first kappa shape index (κ1) is 16.3. The predicted octanol–water partition coefficient (Wildman–Crippen LogP) is 4.75. The molecule has 116 valence electrons. The summed E-state index contributed by atoms with van der Waals surface area (Å²) in [6, 6.07) is 14.5. The lowest BCUT2D eigenvalue weighted by molar-refractivity contribution is -0.137. The van der Waals surface area contributed by atoms with E-state index in [9.17, 15) is 13.2 Å². The number of thiocarbonyl (C=S) groups is 1. The fourth-order valence-corrected chi connectivity index (χ4v) is 2.23. The van der Waals surface area contributed by atoms with Crippen LogP contribution >= 0.6 is 12.2 Å². The molecule has 0 unspecified atom stereocenters. The highest BCUT2D eigenvalue weighted by molar-refractivity contribution is 7.80. The Kier molecular flexibility index (Phi) is 5.03. The summed E-state index contributed by atoms with van der Waals surface area (Å²) in [5.74, 6) is 0. The van der Waals surface area contributed by atoms with Crippen molar-refractivity contribution in [3.8, 4) is 0 Å². The Morgan fingerprint density at radius 2 is 1.59 bits per heavy atom. The molecule has 0 aliphatic rings. The number of nitrogens with one attached hydrogen (secondary N) is 2. The smallest absolute Gasteiger partial charge is 0.356 e. The third kappa shape index (κ3) is 4.46. The second-order valence-electron chi connectivity index (χ2n) is 4.81. The van der Waals surface area contributed by atoms with Crippen LogP contribution in [0.15, 0.2) is 54.6 Å². The van der Waals surface area contributed by atoms with Gasteiger partial charge in [0, 0.05) is 5.69 Å². The first-order chi connectivity index (χ1) is 10.4. The quantitative estimate of drug-likeness (QED) is 0.797. The molecule has 0 aromatic heterocycles. The van der Waals surface area contributed by atoms with E-state index in [4.69, 9.17) is 12.2 Å². The van der Waals surface area contributed by atoms with Gasteiger partial charge in [0.2, 0.25) is 0 Å². The van der Waals surface area contributed by atoms with Crippen LogP contribution in [0.1, 0.15) is 24.1 Å². The maximum absolute atomic E-state index is 12.5. The SMILES string of the molecule is C[C@H](NC(=S)Nc1ccc(C(F)(F)F)cc1)c1ccccc1. The van der Waals surface area contributed by atoms with E-state index >= 15 is 0 Å². The normalized spacial score (nSPS) is 12.5. The fourth-order valence-electron chi connectivity index (χ4n) is 1.93.